The molecule has 0 unspecified atom stereocenters. The molecular weight excluding hydrogens is 433 g/mol. The Bertz CT molecular complexity index is 1330. The van der Waals surface area contributed by atoms with E-state index in [1.807, 2.05) is 6.07 Å². The lowest BCUT2D eigenvalue weighted by molar-refractivity contribution is -0.137. The number of piperazine rings is 1. The van der Waals surface area contributed by atoms with Gasteiger partial charge >= 0.3 is 6.18 Å². The number of pyridine rings is 1. The number of aromatic nitrogens is 4. The summed E-state index contributed by atoms with van der Waals surface area (Å²) < 4.78 is 39.9. The Balaban J connectivity index is 1.43. The highest BCUT2D eigenvalue weighted by Gasteiger charge is 2.35. The lowest BCUT2D eigenvalue weighted by Crippen LogP contribution is -2.49. The minimum Gasteiger partial charge on any atom is -0.358 e. The molecule has 0 saturated carbocycles. The maximum atomic E-state index is 13.3. The molecule has 0 amide bonds. The molecule has 0 bridgehead atoms. The van der Waals surface area contributed by atoms with E-state index in [-0.39, 0.29) is 11.1 Å². The average molecular weight is 454 g/mol. The van der Waals surface area contributed by atoms with E-state index in [1.165, 1.54) is 30.5 Å². The van der Waals surface area contributed by atoms with Gasteiger partial charge in [0.05, 0.1) is 23.0 Å². The summed E-state index contributed by atoms with van der Waals surface area (Å²) in [4.78, 5) is 30.2. The molecule has 0 aliphatic carbocycles. The van der Waals surface area contributed by atoms with Crippen molar-refractivity contribution in [1.29, 1.82) is 0 Å². The Kier molecular flexibility index (Phi) is 5.16. The number of ketones is 1. The number of aromatic amines is 2. The lowest BCUT2D eigenvalue weighted by Gasteiger charge is -2.32. The fourth-order valence-corrected chi connectivity index (χ4v) is 4.09. The number of hydrogen-bond acceptors (Lipinski definition) is 5. The van der Waals surface area contributed by atoms with Gasteiger partial charge in [-0.2, -0.15) is 13.2 Å². The first-order chi connectivity index (χ1) is 15.8. The third-order valence-corrected chi connectivity index (χ3v) is 5.72. The molecule has 1 aromatic carbocycles. The van der Waals surface area contributed by atoms with Gasteiger partial charge in [-0.1, -0.05) is 18.2 Å². The Labute approximate surface area is 187 Å². The molecule has 0 spiro atoms. The topological polar surface area (TPSA) is 89.7 Å². The molecule has 1 aliphatic heterocycles. The van der Waals surface area contributed by atoms with Gasteiger partial charge in [0.1, 0.15) is 11.3 Å². The van der Waals surface area contributed by atoms with Gasteiger partial charge in [0, 0.05) is 49.1 Å². The van der Waals surface area contributed by atoms with Gasteiger partial charge in [-0.15, -0.1) is 0 Å². The number of fused-ring (bicyclic) bond motifs is 1. The second kappa shape index (κ2) is 8.04. The number of alkyl halides is 3. The van der Waals surface area contributed by atoms with Crippen LogP contribution in [0.3, 0.4) is 0 Å². The molecule has 1 aliphatic rings. The van der Waals surface area contributed by atoms with Crippen LogP contribution in [-0.4, -0.2) is 51.4 Å². The highest BCUT2D eigenvalue weighted by molar-refractivity contribution is 6.10. The van der Waals surface area contributed by atoms with Crippen molar-refractivity contribution in [3.05, 3.63) is 65.5 Å². The molecule has 1 saturated heterocycles. The van der Waals surface area contributed by atoms with Crippen LogP contribution in [0.1, 0.15) is 28.4 Å². The monoisotopic (exact) mass is 454 g/mol. The van der Waals surface area contributed by atoms with Crippen molar-refractivity contribution in [2.24, 2.45) is 0 Å². The summed E-state index contributed by atoms with van der Waals surface area (Å²) in [7, 11) is 0. The van der Waals surface area contributed by atoms with Crippen LogP contribution in [0, 0.1) is 0 Å². The third kappa shape index (κ3) is 4.09. The number of rotatable bonds is 4. The Morgan fingerprint density at radius 3 is 2.82 bits per heavy atom. The SMILES string of the molecule is C[C@@H]1CN(c2cc3[nH]c(-c4cc(C(=O)c5ccccc5C(F)(F)F)c[nH]4)nc3cn2)CCN1. The standard InChI is InChI=1S/C23H21F3N6O/c1-13-12-32(7-6-27-13)20-9-17-19(11-29-20)31-22(30-17)18-8-14(10-28-18)21(33)15-4-2-3-5-16(15)23(24,25)26/h2-5,8-11,13,27-28H,6-7,12H2,1H3,(H,30,31)/t13-/m1/s1. The summed E-state index contributed by atoms with van der Waals surface area (Å²) in [5, 5.41) is 3.40. The zero-order valence-corrected chi connectivity index (χ0v) is 17.7. The summed E-state index contributed by atoms with van der Waals surface area (Å²) >= 11 is 0. The normalized spacial score (nSPS) is 17.0. The number of hydrogen-bond donors (Lipinski definition) is 3. The number of carbonyl (C=O) groups is 1. The van der Waals surface area contributed by atoms with E-state index >= 15 is 0 Å². The van der Waals surface area contributed by atoms with Gasteiger partial charge < -0.3 is 20.2 Å². The molecular formula is C23H21F3N6O. The maximum absolute atomic E-state index is 13.3. The molecule has 3 aromatic heterocycles. The number of nitrogens with one attached hydrogen (secondary N) is 3. The van der Waals surface area contributed by atoms with Gasteiger partial charge in [0.2, 0.25) is 0 Å². The van der Waals surface area contributed by atoms with E-state index in [2.05, 4.69) is 37.1 Å². The average Bonchev–Trinajstić information content (AvgIpc) is 3.45. The first-order valence-corrected chi connectivity index (χ1v) is 10.5. The highest BCUT2D eigenvalue weighted by Crippen LogP contribution is 2.33. The Hall–Kier alpha value is -3.66. The van der Waals surface area contributed by atoms with Gasteiger partial charge in [0.25, 0.3) is 0 Å². The van der Waals surface area contributed by atoms with Crippen molar-refractivity contribution in [1.82, 2.24) is 25.3 Å². The predicted molar refractivity (Wildman–Crippen MR) is 118 cm³/mol. The summed E-state index contributed by atoms with van der Waals surface area (Å²) in [5.41, 5.74) is 0.710. The first kappa shape index (κ1) is 21.2. The molecule has 4 aromatic rings. The molecule has 4 heterocycles. The largest absolute Gasteiger partial charge is 0.417 e. The number of anilines is 1. The van der Waals surface area contributed by atoms with E-state index in [0.717, 1.165) is 37.0 Å². The lowest BCUT2D eigenvalue weighted by atomic mass is 9.99. The van der Waals surface area contributed by atoms with Gasteiger partial charge in [-0.25, -0.2) is 9.97 Å². The molecule has 10 heteroatoms. The Morgan fingerprint density at radius 1 is 1.21 bits per heavy atom. The highest BCUT2D eigenvalue weighted by atomic mass is 19.4. The number of imidazole rings is 1. The third-order valence-electron chi connectivity index (χ3n) is 5.72. The van der Waals surface area contributed by atoms with Crippen LogP contribution in [0.5, 0.6) is 0 Å². The summed E-state index contributed by atoms with van der Waals surface area (Å²) in [6.07, 6.45) is -1.53. The van der Waals surface area contributed by atoms with Crippen molar-refractivity contribution < 1.29 is 18.0 Å². The first-order valence-electron chi connectivity index (χ1n) is 10.5. The molecule has 3 N–H and O–H groups in total. The van der Waals surface area contributed by atoms with E-state index < -0.39 is 17.5 Å². The maximum Gasteiger partial charge on any atom is 0.417 e. The molecule has 170 valence electrons. The molecule has 33 heavy (non-hydrogen) atoms. The molecule has 1 fully saturated rings. The van der Waals surface area contributed by atoms with E-state index in [9.17, 15) is 18.0 Å². The van der Waals surface area contributed by atoms with Gasteiger partial charge in [0.15, 0.2) is 11.6 Å². The minimum atomic E-state index is -4.61. The van der Waals surface area contributed by atoms with Crippen LogP contribution in [-0.2, 0) is 6.18 Å². The number of halogens is 3. The van der Waals surface area contributed by atoms with Gasteiger partial charge in [-0.05, 0) is 19.1 Å². The van der Waals surface area contributed by atoms with Crippen LogP contribution in [0.4, 0.5) is 19.0 Å². The van der Waals surface area contributed by atoms with Crippen molar-refractivity contribution in [3.8, 4) is 11.5 Å². The number of nitrogens with zero attached hydrogens (tertiary/aromatic N) is 3. The number of H-pyrrole nitrogens is 2. The van der Waals surface area contributed by atoms with E-state index in [4.69, 9.17) is 0 Å². The van der Waals surface area contributed by atoms with Crippen LogP contribution < -0.4 is 10.2 Å². The smallest absolute Gasteiger partial charge is 0.358 e. The Morgan fingerprint density at radius 2 is 2.03 bits per heavy atom. The van der Waals surface area contributed by atoms with Crippen molar-refractivity contribution in [3.63, 3.8) is 0 Å². The van der Waals surface area contributed by atoms with Crippen molar-refractivity contribution >= 4 is 22.6 Å². The van der Waals surface area contributed by atoms with Crippen LogP contribution in [0.25, 0.3) is 22.6 Å². The second-order valence-electron chi connectivity index (χ2n) is 8.12. The quantitative estimate of drug-likeness (QED) is 0.406. The van der Waals surface area contributed by atoms with Crippen molar-refractivity contribution in [2.75, 3.05) is 24.5 Å². The summed E-state index contributed by atoms with van der Waals surface area (Å²) in [6.45, 7) is 4.70. The summed E-state index contributed by atoms with van der Waals surface area (Å²) in [6, 6.07) is 8.56. The van der Waals surface area contributed by atoms with Crippen molar-refractivity contribution in [2.45, 2.75) is 19.1 Å². The molecule has 0 radical (unpaired) electrons. The zero-order valence-electron chi connectivity index (χ0n) is 17.7. The number of benzene rings is 1. The second-order valence-corrected chi connectivity index (χ2v) is 8.12. The van der Waals surface area contributed by atoms with Crippen LogP contribution in [0.15, 0.2) is 48.8 Å². The fraction of sp³-hybridized carbons (Fsp3) is 0.261. The molecule has 7 nitrogen and oxygen atoms in total. The fourth-order valence-electron chi connectivity index (χ4n) is 4.09. The number of carbonyl (C=O) groups excluding carboxylic acids is 1. The van der Waals surface area contributed by atoms with E-state index in [0.29, 0.717) is 23.1 Å². The predicted octanol–water partition coefficient (Wildman–Crippen LogP) is 4.00. The van der Waals surface area contributed by atoms with Gasteiger partial charge in [-0.3, -0.25) is 4.79 Å². The zero-order chi connectivity index (χ0) is 23.2. The molecule has 5 rings (SSSR count). The van der Waals surface area contributed by atoms with E-state index in [1.54, 1.807) is 6.20 Å². The summed E-state index contributed by atoms with van der Waals surface area (Å²) in [5.74, 6) is 0.608. The minimum absolute atomic E-state index is 0.121. The molecule has 1 atom stereocenters. The van der Waals surface area contributed by atoms with Crippen LogP contribution in [0.2, 0.25) is 0 Å². The van der Waals surface area contributed by atoms with Crippen LogP contribution >= 0.6 is 0 Å².